The first-order valence-electron chi connectivity index (χ1n) is 7.34. The van der Waals surface area contributed by atoms with Gasteiger partial charge in [0.1, 0.15) is 0 Å². The lowest BCUT2D eigenvalue weighted by atomic mass is 10.2. The van der Waals surface area contributed by atoms with E-state index >= 15 is 0 Å². The maximum absolute atomic E-state index is 2.64. The van der Waals surface area contributed by atoms with E-state index in [-0.39, 0.29) is 0 Å². The number of quaternary nitrogens is 1. The van der Waals surface area contributed by atoms with Crippen molar-refractivity contribution in [1.82, 2.24) is 9.80 Å². The SMILES string of the molecule is CCCN1CCN(CCC[N+](C)(C)CC)CC1. The van der Waals surface area contributed by atoms with Gasteiger partial charge in [-0.1, -0.05) is 6.92 Å². The Morgan fingerprint density at radius 1 is 0.882 bits per heavy atom. The molecule has 0 aromatic carbocycles. The van der Waals surface area contributed by atoms with E-state index in [1.165, 1.54) is 65.2 Å². The van der Waals surface area contributed by atoms with Gasteiger partial charge in [0.15, 0.2) is 0 Å². The molecule has 0 aromatic heterocycles. The summed E-state index contributed by atoms with van der Waals surface area (Å²) in [5.41, 5.74) is 0. The second-order valence-electron chi connectivity index (χ2n) is 6.01. The highest BCUT2D eigenvalue weighted by Crippen LogP contribution is 2.05. The summed E-state index contributed by atoms with van der Waals surface area (Å²) in [5.74, 6) is 0. The van der Waals surface area contributed by atoms with Crippen LogP contribution in [0, 0.1) is 0 Å². The second-order valence-corrected chi connectivity index (χ2v) is 6.01. The van der Waals surface area contributed by atoms with Gasteiger partial charge in [-0.15, -0.1) is 0 Å². The maximum Gasteiger partial charge on any atom is 0.0794 e. The van der Waals surface area contributed by atoms with Crippen LogP contribution in [0.2, 0.25) is 0 Å². The maximum atomic E-state index is 2.64. The summed E-state index contributed by atoms with van der Waals surface area (Å²) in [6.07, 6.45) is 2.64. The summed E-state index contributed by atoms with van der Waals surface area (Å²) >= 11 is 0. The molecule has 0 aromatic rings. The quantitative estimate of drug-likeness (QED) is 0.624. The Morgan fingerprint density at radius 3 is 1.88 bits per heavy atom. The fourth-order valence-corrected chi connectivity index (χ4v) is 2.43. The highest BCUT2D eigenvalue weighted by atomic mass is 15.3. The molecular formula is C14H32N3+. The number of hydrogen-bond acceptors (Lipinski definition) is 2. The van der Waals surface area contributed by atoms with Crippen molar-refractivity contribution >= 4 is 0 Å². The number of piperazine rings is 1. The predicted molar refractivity (Wildman–Crippen MR) is 75.3 cm³/mol. The molecule has 1 heterocycles. The van der Waals surface area contributed by atoms with Gasteiger partial charge in [0.2, 0.25) is 0 Å². The highest BCUT2D eigenvalue weighted by molar-refractivity contribution is 4.71. The topological polar surface area (TPSA) is 6.48 Å². The van der Waals surface area contributed by atoms with E-state index in [0.29, 0.717) is 0 Å². The predicted octanol–water partition coefficient (Wildman–Crippen LogP) is 1.50. The van der Waals surface area contributed by atoms with E-state index in [1.807, 2.05) is 0 Å². The van der Waals surface area contributed by atoms with Crippen LogP contribution in [0.1, 0.15) is 26.7 Å². The zero-order valence-corrected chi connectivity index (χ0v) is 12.4. The van der Waals surface area contributed by atoms with Gasteiger partial charge in [-0.05, 0) is 19.9 Å². The van der Waals surface area contributed by atoms with Crippen molar-refractivity contribution < 1.29 is 4.48 Å². The van der Waals surface area contributed by atoms with Crippen LogP contribution in [0.3, 0.4) is 0 Å². The van der Waals surface area contributed by atoms with Crippen molar-refractivity contribution in [2.75, 3.05) is 66.5 Å². The fraction of sp³-hybridized carbons (Fsp3) is 1.00. The second kappa shape index (κ2) is 7.34. The van der Waals surface area contributed by atoms with Crippen LogP contribution in [0.4, 0.5) is 0 Å². The molecule has 3 nitrogen and oxygen atoms in total. The third-order valence-electron chi connectivity index (χ3n) is 4.10. The largest absolute Gasteiger partial charge is 0.329 e. The Labute approximate surface area is 108 Å². The van der Waals surface area contributed by atoms with E-state index in [9.17, 15) is 0 Å². The molecule has 102 valence electrons. The van der Waals surface area contributed by atoms with E-state index in [2.05, 4.69) is 37.7 Å². The van der Waals surface area contributed by atoms with E-state index in [1.54, 1.807) is 0 Å². The average molecular weight is 242 g/mol. The van der Waals surface area contributed by atoms with Gasteiger partial charge in [0, 0.05) is 39.1 Å². The summed E-state index contributed by atoms with van der Waals surface area (Å²) in [6, 6.07) is 0. The Hall–Kier alpha value is -0.120. The number of nitrogens with zero attached hydrogens (tertiary/aromatic N) is 3. The van der Waals surface area contributed by atoms with Crippen LogP contribution in [-0.4, -0.2) is 80.7 Å². The minimum atomic E-state index is 1.16. The first kappa shape index (κ1) is 14.9. The van der Waals surface area contributed by atoms with Gasteiger partial charge in [0.05, 0.1) is 27.2 Å². The minimum Gasteiger partial charge on any atom is -0.329 e. The molecule has 0 unspecified atom stereocenters. The highest BCUT2D eigenvalue weighted by Gasteiger charge is 2.17. The summed E-state index contributed by atoms with van der Waals surface area (Å²) in [7, 11) is 4.67. The van der Waals surface area contributed by atoms with Crippen molar-refractivity contribution in [3.63, 3.8) is 0 Å². The van der Waals surface area contributed by atoms with Gasteiger partial charge >= 0.3 is 0 Å². The van der Waals surface area contributed by atoms with Crippen molar-refractivity contribution in [3.8, 4) is 0 Å². The molecule has 0 bridgehead atoms. The van der Waals surface area contributed by atoms with E-state index < -0.39 is 0 Å². The first-order valence-corrected chi connectivity index (χ1v) is 7.34. The molecule has 1 fully saturated rings. The molecule has 0 atom stereocenters. The van der Waals surface area contributed by atoms with Crippen LogP contribution in [0.15, 0.2) is 0 Å². The van der Waals surface area contributed by atoms with Gasteiger partial charge < -0.3 is 14.3 Å². The molecule has 0 amide bonds. The molecule has 1 aliphatic rings. The lowest BCUT2D eigenvalue weighted by Gasteiger charge is -2.35. The molecule has 0 N–H and O–H groups in total. The Morgan fingerprint density at radius 2 is 1.41 bits per heavy atom. The smallest absolute Gasteiger partial charge is 0.0794 e. The monoisotopic (exact) mass is 242 g/mol. The van der Waals surface area contributed by atoms with Gasteiger partial charge in [-0.2, -0.15) is 0 Å². The normalized spacial score (nSPS) is 19.8. The molecule has 1 aliphatic heterocycles. The Bertz CT molecular complexity index is 196. The van der Waals surface area contributed by atoms with Gasteiger partial charge in [-0.25, -0.2) is 0 Å². The molecule has 0 saturated carbocycles. The van der Waals surface area contributed by atoms with Crippen LogP contribution in [-0.2, 0) is 0 Å². The van der Waals surface area contributed by atoms with Crippen molar-refractivity contribution in [2.24, 2.45) is 0 Å². The standard InChI is InChI=1S/C14H32N3/c1-5-8-15-10-12-16(13-11-15)9-7-14-17(3,4)6-2/h5-14H2,1-4H3/q+1. The average Bonchev–Trinajstić information content (AvgIpc) is 2.32. The fourth-order valence-electron chi connectivity index (χ4n) is 2.43. The summed E-state index contributed by atoms with van der Waals surface area (Å²) < 4.78 is 1.16. The van der Waals surface area contributed by atoms with Crippen LogP contribution < -0.4 is 0 Å². The molecule has 3 heteroatoms. The van der Waals surface area contributed by atoms with Crippen molar-refractivity contribution in [2.45, 2.75) is 26.7 Å². The van der Waals surface area contributed by atoms with Crippen LogP contribution in [0.5, 0.6) is 0 Å². The van der Waals surface area contributed by atoms with E-state index in [4.69, 9.17) is 0 Å². The molecule has 1 saturated heterocycles. The number of hydrogen-bond donors (Lipinski definition) is 0. The third-order valence-corrected chi connectivity index (χ3v) is 4.10. The Kier molecular flexibility index (Phi) is 6.45. The summed E-state index contributed by atoms with van der Waals surface area (Å²) in [4.78, 5) is 5.24. The lowest BCUT2D eigenvalue weighted by molar-refractivity contribution is -0.888. The molecule has 1 rings (SSSR count). The summed E-state index contributed by atoms with van der Waals surface area (Å²) in [5, 5.41) is 0. The molecule has 0 radical (unpaired) electrons. The van der Waals surface area contributed by atoms with E-state index in [0.717, 1.165) is 4.48 Å². The minimum absolute atomic E-state index is 1.16. The lowest BCUT2D eigenvalue weighted by Crippen LogP contribution is -2.47. The summed E-state index contributed by atoms with van der Waals surface area (Å²) in [6.45, 7) is 14.8. The van der Waals surface area contributed by atoms with Crippen LogP contribution >= 0.6 is 0 Å². The number of rotatable bonds is 7. The van der Waals surface area contributed by atoms with Crippen LogP contribution in [0.25, 0.3) is 0 Å². The molecule has 0 spiro atoms. The molecular weight excluding hydrogens is 210 g/mol. The zero-order chi connectivity index (χ0) is 12.7. The Balaban J connectivity index is 2.10. The van der Waals surface area contributed by atoms with Gasteiger partial charge in [0.25, 0.3) is 0 Å². The molecule has 17 heavy (non-hydrogen) atoms. The van der Waals surface area contributed by atoms with Gasteiger partial charge in [-0.3, -0.25) is 0 Å². The third kappa shape index (κ3) is 5.84. The van der Waals surface area contributed by atoms with Crippen molar-refractivity contribution in [3.05, 3.63) is 0 Å². The molecule has 0 aliphatic carbocycles. The van der Waals surface area contributed by atoms with Crippen molar-refractivity contribution in [1.29, 1.82) is 0 Å². The zero-order valence-electron chi connectivity index (χ0n) is 12.4. The first-order chi connectivity index (χ1) is 8.07.